The van der Waals surface area contributed by atoms with Crippen molar-refractivity contribution in [2.24, 2.45) is 0 Å². The molecule has 1 aromatic carbocycles. The van der Waals surface area contributed by atoms with Gasteiger partial charge in [0.25, 0.3) is 0 Å². The number of rotatable bonds is 6. The Bertz CT molecular complexity index is 584. The lowest BCUT2D eigenvalue weighted by molar-refractivity contribution is 0.0979. The van der Waals surface area contributed by atoms with Crippen LogP contribution in [0.2, 0.25) is 10.0 Å². The molecule has 2 aromatic rings. The molecule has 0 unspecified atom stereocenters. The van der Waals surface area contributed by atoms with Crippen LogP contribution in [0.3, 0.4) is 0 Å². The summed E-state index contributed by atoms with van der Waals surface area (Å²) < 4.78 is 0. The highest BCUT2D eigenvalue weighted by molar-refractivity contribution is 6.36. The molecule has 0 aliphatic carbocycles. The summed E-state index contributed by atoms with van der Waals surface area (Å²) in [5.74, 6) is 0.0675. The average Bonchev–Trinajstić information content (AvgIpc) is 2.44. The normalized spacial score (nSPS) is 10.5. The fraction of sp³-hybridized carbons (Fsp3) is 0.250. The number of hydrogen-bond donors (Lipinski definition) is 0. The maximum absolute atomic E-state index is 12.0. The number of aryl methyl sites for hydroxylation is 1. The van der Waals surface area contributed by atoms with Gasteiger partial charge in [-0.2, -0.15) is 0 Å². The van der Waals surface area contributed by atoms with Crippen LogP contribution in [0.25, 0.3) is 0 Å². The van der Waals surface area contributed by atoms with Crippen LogP contribution in [0.4, 0.5) is 0 Å². The molecule has 0 amide bonds. The van der Waals surface area contributed by atoms with Gasteiger partial charge in [0, 0.05) is 29.4 Å². The zero-order valence-electron chi connectivity index (χ0n) is 11.0. The van der Waals surface area contributed by atoms with E-state index < -0.39 is 0 Å². The van der Waals surface area contributed by atoms with Crippen molar-refractivity contribution in [2.45, 2.75) is 25.7 Å². The lowest BCUT2D eigenvalue weighted by Gasteiger charge is -2.04. The highest BCUT2D eigenvalue weighted by atomic mass is 35.5. The van der Waals surface area contributed by atoms with Crippen LogP contribution in [0.1, 0.15) is 35.2 Å². The molecule has 0 atom stereocenters. The summed E-state index contributed by atoms with van der Waals surface area (Å²) in [5, 5.41) is 0.970. The highest BCUT2D eigenvalue weighted by Gasteiger charge is 2.10. The largest absolute Gasteiger partial charge is 0.294 e. The maximum atomic E-state index is 12.0. The van der Waals surface area contributed by atoms with Gasteiger partial charge in [-0.25, -0.2) is 0 Å². The number of ketones is 1. The standard InChI is InChI=1S/C16H15Cl2NO/c17-13-7-8-14(15(18)10-13)16(20)6-2-1-4-12-5-3-9-19-11-12/h3,5,7-11H,1-2,4,6H2. The molecule has 0 radical (unpaired) electrons. The predicted octanol–water partition coefficient (Wildman–Crippen LogP) is 4.98. The molecule has 2 nitrogen and oxygen atoms in total. The number of nitrogens with zero attached hydrogens (tertiary/aromatic N) is 1. The molecule has 1 aromatic heterocycles. The first-order chi connectivity index (χ1) is 9.66. The summed E-state index contributed by atoms with van der Waals surface area (Å²) in [6.07, 6.45) is 6.86. The molecule has 2 rings (SSSR count). The van der Waals surface area contributed by atoms with Gasteiger partial charge in [-0.1, -0.05) is 29.3 Å². The molecule has 0 saturated heterocycles. The van der Waals surface area contributed by atoms with E-state index in [1.165, 1.54) is 5.56 Å². The first-order valence-electron chi connectivity index (χ1n) is 6.54. The third-order valence-electron chi connectivity index (χ3n) is 3.07. The van der Waals surface area contributed by atoms with E-state index in [-0.39, 0.29) is 5.78 Å². The van der Waals surface area contributed by atoms with Crippen molar-refractivity contribution in [1.82, 2.24) is 4.98 Å². The molecule has 4 heteroatoms. The molecule has 0 saturated carbocycles. The molecular weight excluding hydrogens is 293 g/mol. The van der Waals surface area contributed by atoms with Crippen molar-refractivity contribution in [2.75, 3.05) is 0 Å². The average molecular weight is 308 g/mol. The van der Waals surface area contributed by atoms with Crippen LogP contribution in [-0.2, 0) is 6.42 Å². The van der Waals surface area contributed by atoms with Crippen LogP contribution < -0.4 is 0 Å². The molecule has 0 aliphatic rings. The van der Waals surface area contributed by atoms with E-state index in [1.807, 2.05) is 18.3 Å². The van der Waals surface area contributed by atoms with Crippen LogP contribution in [0, 0.1) is 0 Å². The molecule has 0 bridgehead atoms. The van der Waals surface area contributed by atoms with Crippen molar-refractivity contribution in [3.05, 3.63) is 63.9 Å². The number of pyridine rings is 1. The minimum atomic E-state index is 0.0675. The maximum Gasteiger partial charge on any atom is 0.164 e. The number of halogens is 2. The second-order valence-electron chi connectivity index (χ2n) is 4.62. The molecule has 104 valence electrons. The minimum absolute atomic E-state index is 0.0675. The second kappa shape index (κ2) is 7.41. The summed E-state index contributed by atoms with van der Waals surface area (Å²) in [5.41, 5.74) is 1.75. The Morgan fingerprint density at radius 2 is 2.00 bits per heavy atom. The Balaban J connectivity index is 1.80. The van der Waals surface area contributed by atoms with Gasteiger partial charge in [0.05, 0.1) is 5.02 Å². The Hall–Kier alpha value is -1.38. The van der Waals surface area contributed by atoms with Gasteiger partial charge in [-0.05, 0) is 49.1 Å². The molecule has 0 spiro atoms. The van der Waals surface area contributed by atoms with E-state index in [4.69, 9.17) is 23.2 Å². The fourth-order valence-corrected chi connectivity index (χ4v) is 2.52. The van der Waals surface area contributed by atoms with Crippen molar-refractivity contribution in [3.63, 3.8) is 0 Å². The fourth-order valence-electron chi connectivity index (χ4n) is 2.01. The van der Waals surface area contributed by atoms with Crippen molar-refractivity contribution < 1.29 is 4.79 Å². The van der Waals surface area contributed by atoms with Gasteiger partial charge in [-0.15, -0.1) is 0 Å². The molecule has 0 fully saturated rings. The van der Waals surface area contributed by atoms with Crippen LogP contribution in [-0.4, -0.2) is 10.8 Å². The number of aromatic nitrogens is 1. The Morgan fingerprint density at radius 1 is 1.15 bits per heavy atom. The zero-order chi connectivity index (χ0) is 14.4. The van der Waals surface area contributed by atoms with E-state index in [9.17, 15) is 4.79 Å². The van der Waals surface area contributed by atoms with Crippen LogP contribution in [0.5, 0.6) is 0 Å². The van der Waals surface area contributed by atoms with E-state index in [1.54, 1.807) is 24.4 Å². The minimum Gasteiger partial charge on any atom is -0.294 e. The number of carbonyl (C=O) groups excluding carboxylic acids is 1. The molecular formula is C16H15Cl2NO. The molecule has 0 aliphatic heterocycles. The number of Topliss-reactive ketones (excluding diaryl/α,β-unsaturated/α-hetero) is 1. The van der Waals surface area contributed by atoms with Crippen LogP contribution in [0.15, 0.2) is 42.7 Å². The van der Waals surface area contributed by atoms with Crippen molar-refractivity contribution >= 4 is 29.0 Å². The Labute approximate surface area is 128 Å². The van der Waals surface area contributed by atoms with Gasteiger partial charge >= 0.3 is 0 Å². The topological polar surface area (TPSA) is 30.0 Å². The smallest absolute Gasteiger partial charge is 0.164 e. The highest BCUT2D eigenvalue weighted by Crippen LogP contribution is 2.22. The lowest BCUT2D eigenvalue weighted by atomic mass is 10.0. The first-order valence-corrected chi connectivity index (χ1v) is 7.29. The first kappa shape index (κ1) is 15.0. The zero-order valence-corrected chi connectivity index (χ0v) is 12.5. The molecule has 20 heavy (non-hydrogen) atoms. The summed E-state index contributed by atoms with van der Waals surface area (Å²) in [6, 6.07) is 8.95. The van der Waals surface area contributed by atoms with Gasteiger partial charge < -0.3 is 0 Å². The van der Waals surface area contributed by atoms with Crippen LogP contribution >= 0.6 is 23.2 Å². The Morgan fingerprint density at radius 3 is 2.70 bits per heavy atom. The SMILES string of the molecule is O=C(CCCCc1cccnc1)c1ccc(Cl)cc1Cl. The van der Waals surface area contributed by atoms with Gasteiger partial charge in [0.1, 0.15) is 0 Å². The van der Waals surface area contributed by atoms with Crippen molar-refractivity contribution in [3.8, 4) is 0 Å². The van der Waals surface area contributed by atoms with Gasteiger partial charge in [0.2, 0.25) is 0 Å². The third kappa shape index (κ3) is 4.32. The molecule has 0 N–H and O–H groups in total. The van der Waals surface area contributed by atoms with Gasteiger partial charge in [0.15, 0.2) is 5.78 Å². The number of carbonyl (C=O) groups is 1. The quantitative estimate of drug-likeness (QED) is 0.556. The second-order valence-corrected chi connectivity index (χ2v) is 5.46. The van der Waals surface area contributed by atoms with Gasteiger partial charge in [-0.3, -0.25) is 9.78 Å². The van der Waals surface area contributed by atoms with Crippen molar-refractivity contribution in [1.29, 1.82) is 0 Å². The van der Waals surface area contributed by atoms with E-state index >= 15 is 0 Å². The number of hydrogen-bond acceptors (Lipinski definition) is 2. The van der Waals surface area contributed by atoms with E-state index in [0.717, 1.165) is 19.3 Å². The third-order valence-corrected chi connectivity index (χ3v) is 3.62. The summed E-state index contributed by atoms with van der Waals surface area (Å²) in [7, 11) is 0. The summed E-state index contributed by atoms with van der Waals surface area (Å²) >= 11 is 11.8. The predicted molar refractivity (Wildman–Crippen MR) is 82.6 cm³/mol. The monoisotopic (exact) mass is 307 g/mol. The lowest BCUT2D eigenvalue weighted by Crippen LogP contribution is -2.00. The molecule has 1 heterocycles. The summed E-state index contributed by atoms with van der Waals surface area (Å²) in [6.45, 7) is 0. The number of benzene rings is 1. The summed E-state index contributed by atoms with van der Waals surface area (Å²) in [4.78, 5) is 16.1. The van der Waals surface area contributed by atoms with E-state index in [2.05, 4.69) is 4.98 Å². The van der Waals surface area contributed by atoms with E-state index in [0.29, 0.717) is 22.0 Å². The number of unbranched alkanes of at least 4 members (excludes halogenated alkanes) is 1. The Kier molecular flexibility index (Phi) is 5.57.